The topological polar surface area (TPSA) is 55.6 Å². The molecule has 0 radical (unpaired) electrons. The fourth-order valence-electron chi connectivity index (χ4n) is 4.11. The molecule has 0 aliphatic carbocycles. The second-order valence-electron chi connectivity index (χ2n) is 9.62. The van der Waals surface area contributed by atoms with Gasteiger partial charge in [-0.15, -0.1) is 11.6 Å². The largest absolute Gasteiger partial charge is 0.373 e. The van der Waals surface area contributed by atoms with Gasteiger partial charge in [-0.2, -0.15) is 0 Å². The number of hydrogen-bond acceptors (Lipinski definition) is 3. The summed E-state index contributed by atoms with van der Waals surface area (Å²) in [5.41, 5.74) is 5.62. The molecule has 2 atom stereocenters. The Morgan fingerprint density at radius 2 is 1.41 bits per heavy atom. The van der Waals surface area contributed by atoms with Gasteiger partial charge >= 0.3 is 0 Å². The van der Waals surface area contributed by atoms with Crippen LogP contribution in [0.1, 0.15) is 123 Å². The summed E-state index contributed by atoms with van der Waals surface area (Å²) in [7, 11) is 0. The summed E-state index contributed by atoms with van der Waals surface area (Å²) in [5.74, 6) is 1.07. The van der Waals surface area contributed by atoms with Gasteiger partial charge in [-0.1, -0.05) is 90.9 Å². The van der Waals surface area contributed by atoms with Crippen molar-refractivity contribution in [3.05, 3.63) is 0 Å². The molecule has 0 bridgehead atoms. The highest BCUT2D eigenvalue weighted by Crippen LogP contribution is 2.34. The van der Waals surface area contributed by atoms with Gasteiger partial charge in [0.2, 0.25) is 0 Å². The Labute approximate surface area is 185 Å². The van der Waals surface area contributed by atoms with E-state index in [4.69, 9.17) is 22.1 Å². The maximum Gasteiger partial charge on any atom is 0.153 e. The van der Waals surface area contributed by atoms with Gasteiger partial charge in [0.05, 0.1) is 12.7 Å². The highest BCUT2D eigenvalue weighted by Gasteiger charge is 2.40. The van der Waals surface area contributed by atoms with Crippen molar-refractivity contribution in [3.8, 4) is 0 Å². The van der Waals surface area contributed by atoms with Crippen LogP contribution in [-0.2, 0) is 9.53 Å². The van der Waals surface area contributed by atoms with E-state index in [0.29, 0.717) is 25.8 Å². The SMILES string of the molecule is CC(C)CCCCCCCCCCCCCCC(=O)C(Cl)(CCCN)CC1CO1. The molecule has 1 rings (SSSR count). The minimum Gasteiger partial charge on any atom is -0.373 e. The first-order chi connectivity index (χ1) is 14.0. The van der Waals surface area contributed by atoms with Crippen molar-refractivity contribution in [2.45, 2.75) is 134 Å². The third-order valence-electron chi connectivity index (χ3n) is 6.17. The first-order valence-corrected chi connectivity index (χ1v) is 12.9. The zero-order valence-corrected chi connectivity index (χ0v) is 20.1. The number of carbonyl (C=O) groups is 1. The molecule has 172 valence electrons. The summed E-state index contributed by atoms with van der Waals surface area (Å²) >= 11 is 6.68. The zero-order chi connectivity index (χ0) is 21.4. The summed E-state index contributed by atoms with van der Waals surface area (Å²) in [6.45, 7) is 5.97. The Kier molecular flexibility index (Phi) is 15.4. The molecule has 0 aromatic heterocycles. The van der Waals surface area contributed by atoms with Gasteiger partial charge in [0, 0.05) is 12.8 Å². The van der Waals surface area contributed by atoms with Gasteiger partial charge in [0.15, 0.2) is 5.78 Å². The van der Waals surface area contributed by atoms with E-state index in [1.165, 1.54) is 70.6 Å². The number of Topliss-reactive ketones (excluding diaryl/α,β-unsaturated/α-hetero) is 1. The number of epoxide rings is 1. The highest BCUT2D eigenvalue weighted by molar-refractivity contribution is 6.35. The predicted octanol–water partition coefficient (Wildman–Crippen LogP) is 7.18. The molecule has 1 aliphatic heterocycles. The van der Waals surface area contributed by atoms with Crippen LogP contribution in [-0.4, -0.2) is 29.9 Å². The fourth-order valence-corrected chi connectivity index (χ4v) is 4.51. The lowest BCUT2D eigenvalue weighted by atomic mass is 9.89. The standard InChI is InChI=1S/C25H48ClNO2/c1-22(2)16-13-11-9-7-5-3-4-6-8-10-12-14-17-24(28)25(26,18-15-19-27)20-23-21-29-23/h22-23H,3-21,27H2,1-2H3. The van der Waals surface area contributed by atoms with Crippen LogP contribution in [0.4, 0.5) is 0 Å². The molecule has 0 saturated carbocycles. The molecule has 1 aliphatic rings. The molecule has 1 fully saturated rings. The molecular formula is C25H48ClNO2. The van der Waals surface area contributed by atoms with Crippen molar-refractivity contribution in [2.24, 2.45) is 11.7 Å². The third-order valence-corrected chi connectivity index (χ3v) is 6.72. The van der Waals surface area contributed by atoms with Gasteiger partial charge in [-0.3, -0.25) is 4.79 Å². The number of ether oxygens (including phenoxy) is 1. The number of halogens is 1. The summed E-state index contributed by atoms with van der Waals surface area (Å²) < 4.78 is 5.30. The van der Waals surface area contributed by atoms with Crippen molar-refractivity contribution in [1.29, 1.82) is 0 Å². The third kappa shape index (κ3) is 14.5. The molecule has 2 N–H and O–H groups in total. The van der Waals surface area contributed by atoms with E-state index in [1.807, 2.05) is 0 Å². The van der Waals surface area contributed by atoms with E-state index in [2.05, 4.69) is 13.8 Å². The summed E-state index contributed by atoms with van der Waals surface area (Å²) in [6.07, 6.45) is 20.2. The number of carbonyl (C=O) groups excluding carboxylic acids is 1. The lowest BCUT2D eigenvalue weighted by molar-refractivity contribution is -0.122. The smallest absolute Gasteiger partial charge is 0.153 e. The first kappa shape index (κ1) is 26.9. The van der Waals surface area contributed by atoms with Gasteiger partial charge in [-0.05, 0) is 31.7 Å². The monoisotopic (exact) mass is 429 g/mol. The molecule has 2 unspecified atom stereocenters. The zero-order valence-electron chi connectivity index (χ0n) is 19.4. The Balaban J connectivity index is 1.93. The minimum atomic E-state index is -0.741. The fraction of sp³-hybridized carbons (Fsp3) is 0.960. The number of nitrogens with two attached hydrogens (primary N) is 1. The lowest BCUT2D eigenvalue weighted by Crippen LogP contribution is -2.35. The molecule has 0 spiro atoms. The molecule has 3 nitrogen and oxygen atoms in total. The maximum atomic E-state index is 12.6. The number of rotatable bonds is 21. The van der Waals surface area contributed by atoms with Crippen LogP contribution in [0.25, 0.3) is 0 Å². The van der Waals surface area contributed by atoms with Crippen LogP contribution < -0.4 is 5.73 Å². The molecule has 0 aromatic carbocycles. The van der Waals surface area contributed by atoms with Crippen molar-refractivity contribution < 1.29 is 9.53 Å². The normalized spacial score (nSPS) is 18.2. The molecule has 29 heavy (non-hydrogen) atoms. The molecule has 0 aromatic rings. The maximum absolute atomic E-state index is 12.6. The summed E-state index contributed by atoms with van der Waals surface area (Å²) in [5, 5.41) is 0. The van der Waals surface area contributed by atoms with Crippen LogP contribution in [0.3, 0.4) is 0 Å². The number of unbranched alkanes of at least 4 members (excludes halogenated alkanes) is 11. The Bertz CT molecular complexity index is 412. The first-order valence-electron chi connectivity index (χ1n) is 12.5. The average molecular weight is 430 g/mol. The predicted molar refractivity (Wildman–Crippen MR) is 126 cm³/mol. The second-order valence-corrected chi connectivity index (χ2v) is 10.3. The van der Waals surface area contributed by atoms with E-state index in [0.717, 1.165) is 31.8 Å². The Hall–Kier alpha value is -0.120. The van der Waals surface area contributed by atoms with Crippen molar-refractivity contribution in [1.82, 2.24) is 0 Å². The van der Waals surface area contributed by atoms with E-state index in [9.17, 15) is 4.79 Å². The molecule has 4 heteroatoms. The molecule has 0 amide bonds. The molecule has 1 heterocycles. The Morgan fingerprint density at radius 1 is 0.931 bits per heavy atom. The minimum absolute atomic E-state index is 0.189. The van der Waals surface area contributed by atoms with E-state index < -0.39 is 4.87 Å². The van der Waals surface area contributed by atoms with Crippen LogP contribution in [0.15, 0.2) is 0 Å². The van der Waals surface area contributed by atoms with Gasteiger partial charge in [-0.25, -0.2) is 0 Å². The van der Waals surface area contributed by atoms with Crippen LogP contribution >= 0.6 is 11.6 Å². The van der Waals surface area contributed by atoms with Gasteiger partial charge < -0.3 is 10.5 Å². The van der Waals surface area contributed by atoms with E-state index in [1.54, 1.807) is 0 Å². The second kappa shape index (κ2) is 16.6. The lowest BCUT2D eigenvalue weighted by Gasteiger charge is -2.25. The van der Waals surface area contributed by atoms with Gasteiger partial charge in [0.1, 0.15) is 4.87 Å². The average Bonchev–Trinajstić information content (AvgIpc) is 3.50. The van der Waals surface area contributed by atoms with Crippen LogP contribution in [0, 0.1) is 5.92 Å². The summed E-state index contributed by atoms with van der Waals surface area (Å²) in [4.78, 5) is 11.9. The molecule has 1 saturated heterocycles. The van der Waals surface area contributed by atoms with E-state index in [-0.39, 0.29) is 11.9 Å². The van der Waals surface area contributed by atoms with Crippen molar-refractivity contribution in [3.63, 3.8) is 0 Å². The van der Waals surface area contributed by atoms with Crippen molar-refractivity contribution in [2.75, 3.05) is 13.2 Å². The quantitative estimate of drug-likeness (QED) is 0.119. The summed E-state index contributed by atoms with van der Waals surface area (Å²) in [6, 6.07) is 0. The van der Waals surface area contributed by atoms with Crippen LogP contribution in [0.2, 0.25) is 0 Å². The van der Waals surface area contributed by atoms with E-state index >= 15 is 0 Å². The van der Waals surface area contributed by atoms with Gasteiger partial charge in [0.25, 0.3) is 0 Å². The highest BCUT2D eigenvalue weighted by atomic mass is 35.5. The number of hydrogen-bond donors (Lipinski definition) is 1. The Morgan fingerprint density at radius 3 is 1.86 bits per heavy atom. The van der Waals surface area contributed by atoms with Crippen LogP contribution in [0.5, 0.6) is 0 Å². The number of alkyl halides is 1. The molecular weight excluding hydrogens is 382 g/mol. The van der Waals surface area contributed by atoms with Crippen molar-refractivity contribution >= 4 is 17.4 Å². The number of ketones is 1.